The normalized spacial score (nSPS) is 12.8. The van der Waals surface area contributed by atoms with Gasteiger partial charge in [-0.05, 0) is 50.6 Å². The van der Waals surface area contributed by atoms with E-state index in [1.165, 1.54) is 12.1 Å². The fraction of sp³-hybridized carbons (Fsp3) is 0.125. The summed E-state index contributed by atoms with van der Waals surface area (Å²) in [5, 5.41) is 14.7. The Morgan fingerprint density at radius 2 is 1.67 bits per heavy atom. The van der Waals surface area contributed by atoms with Crippen LogP contribution in [-0.2, 0) is 9.59 Å². The first-order valence-electron chi connectivity index (χ1n) is 9.20. The van der Waals surface area contributed by atoms with Crippen molar-refractivity contribution in [1.29, 1.82) is 0 Å². The van der Waals surface area contributed by atoms with E-state index in [4.69, 9.17) is 0 Å². The molecule has 0 aliphatic rings. The number of hydrogen-bond acceptors (Lipinski definition) is 3. The molecule has 0 radical (unpaired) electrons. The number of carboxylic acid groups (broad SMARTS) is 1. The van der Waals surface area contributed by atoms with E-state index < -0.39 is 11.9 Å². The van der Waals surface area contributed by atoms with Gasteiger partial charge in [-0.3, -0.25) is 9.59 Å². The molecular formula is C24H26N2O4. The summed E-state index contributed by atoms with van der Waals surface area (Å²) in [6, 6.07) is 6.34. The number of carboxylic acids is 1. The van der Waals surface area contributed by atoms with Crippen molar-refractivity contribution in [2.75, 3.05) is 5.32 Å². The molecule has 0 aromatic heterocycles. The number of carbonyl (C=O) groups is 3. The zero-order chi connectivity index (χ0) is 22.7. The summed E-state index contributed by atoms with van der Waals surface area (Å²) in [5.74, 6) is -2.25. The number of rotatable bonds is 9. The predicted octanol–water partition coefficient (Wildman–Crippen LogP) is 4.53. The van der Waals surface area contributed by atoms with Crippen molar-refractivity contribution in [1.82, 2.24) is 5.32 Å². The number of amides is 2. The van der Waals surface area contributed by atoms with E-state index in [1.54, 1.807) is 49.4 Å². The molecule has 1 aromatic carbocycles. The number of nitrogens with one attached hydrogen (secondary N) is 2. The number of carbonyl (C=O) groups excluding carboxylic acids is 2. The average Bonchev–Trinajstić information content (AvgIpc) is 2.72. The van der Waals surface area contributed by atoms with Gasteiger partial charge in [-0.1, -0.05) is 49.6 Å². The number of anilines is 1. The summed E-state index contributed by atoms with van der Waals surface area (Å²) in [4.78, 5) is 36.6. The molecule has 0 bridgehead atoms. The lowest BCUT2D eigenvalue weighted by Gasteiger charge is -2.11. The fourth-order valence-electron chi connectivity index (χ4n) is 2.45. The van der Waals surface area contributed by atoms with E-state index in [9.17, 15) is 19.5 Å². The summed E-state index contributed by atoms with van der Waals surface area (Å²) in [7, 11) is 0. The number of benzene rings is 1. The molecular weight excluding hydrogens is 380 g/mol. The molecule has 0 fully saturated rings. The second kappa shape index (κ2) is 11.8. The van der Waals surface area contributed by atoms with Crippen molar-refractivity contribution in [3.63, 3.8) is 0 Å². The van der Waals surface area contributed by atoms with Gasteiger partial charge in [0, 0.05) is 16.9 Å². The maximum Gasteiger partial charge on any atom is 0.336 e. The molecule has 3 N–H and O–H groups in total. The smallest absolute Gasteiger partial charge is 0.336 e. The van der Waals surface area contributed by atoms with Crippen LogP contribution in [0.25, 0.3) is 0 Å². The highest BCUT2D eigenvalue weighted by Gasteiger charge is 2.17. The highest BCUT2D eigenvalue weighted by atomic mass is 16.4. The minimum absolute atomic E-state index is 0.0465. The maximum atomic E-state index is 12.6. The van der Waals surface area contributed by atoms with Gasteiger partial charge < -0.3 is 15.7 Å². The van der Waals surface area contributed by atoms with Crippen molar-refractivity contribution < 1.29 is 19.5 Å². The summed E-state index contributed by atoms with van der Waals surface area (Å²) in [6.07, 6.45) is 9.26. The molecule has 1 rings (SSSR count). The Bertz CT molecular complexity index is 979. The van der Waals surface area contributed by atoms with Crippen LogP contribution in [0.3, 0.4) is 0 Å². The van der Waals surface area contributed by atoms with Crippen LogP contribution in [0.2, 0.25) is 0 Å². The van der Waals surface area contributed by atoms with Crippen LogP contribution < -0.4 is 10.6 Å². The van der Waals surface area contributed by atoms with Gasteiger partial charge >= 0.3 is 5.97 Å². The molecule has 0 aliphatic heterocycles. The van der Waals surface area contributed by atoms with Crippen LogP contribution >= 0.6 is 0 Å². The zero-order valence-electron chi connectivity index (χ0n) is 17.4. The Labute approximate surface area is 176 Å². The monoisotopic (exact) mass is 406 g/mol. The second-order valence-corrected chi connectivity index (χ2v) is 6.13. The Balaban J connectivity index is 3.19. The van der Waals surface area contributed by atoms with E-state index in [0.29, 0.717) is 16.9 Å². The lowest BCUT2D eigenvalue weighted by atomic mass is 10.1. The largest absolute Gasteiger partial charge is 0.478 e. The molecule has 0 saturated heterocycles. The first-order valence-corrected chi connectivity index (χ1v) is 9.20. The Morgan fingerprint density at radius 3 is 2.20 bits per heavy atom. The fourth-order valence-corrected chi connectivity index (χ4v) is 2.45. The lowest BCUT2D eigenvalue weighted by molar-refractivity contribution is -0.132. The average molecular weight is 406 g/mol. The van der Waals surface area contributed by atoms with Crippen molar-refractivity contribution in [3.8, 4) is 0 Å². The van der Waals surface area contributed by atoms with Crippen molar-refractivity contribution in [3.05, 3.63) is 102 Å². The summed E-state index contributed by atoms with van der Waals surface area (Å²) < 4.78 is 0. The summed E-state index contributed by atoms with van der Waals surface area (Å²) in [6.45, 7) is 12.5. The Kier molecular flexibility index (Phi) is 9.49. The third-order valence-corrected chi connectivity index (χ3v) is 4.00. The summed E-state index contributed by atoms with van der Waals surface area (Å²) in [5.41, 5.74) is 1.82. The van der Waals surface area contributed by atoms with Crippen molar-refractivity contribution >= 4 is 23.5 Å². The van der Waals surface area contributed by atoms with E-state index in [2.05, 4.69) is 23.8 Å². The molecule has 0 saturated carbocycles. The quantitative estimate of drug-likeness (QED) is 0.415. The summed E-state index contributed by atoms with van der Waals surface area (Å²) >= 11 is 0. The third kappa shape index (κ3) is 6.60. The maximum absolute atomic E-state index is 12.6. The van der Waals surface area contributed by atoms with Crippen LogP contribution in [-0.4, -0.2) is 22.9 Å². The van der Waals surface area contributed by atoms with Crippen LogP contribution in [0.15, 0.2) is 96.3 Å². The lowest BCUT2D eigenvalue weighted by Crippen LogP contribution is -2.23. The predicted molar refractivity (Wildman–Crippen MR) is 120 cm³/mol. The van der Waals surface area contributed by atoms with Gasteiger partial charge in [0.1, 0.15) is 0 Å². The van der Waals surface area contributed by atoms with Gasteiger partial charge in [-0.2, -0.15) is 0 Å². The van der Waals surface area contributed by atoms with Gasteiger partial charge in [0.15, 0.2) is 0 Å². The van der Waals surface area contributed by atoms with E-state index in [0.717, 1.165) is 11.6 Å². The van der Waals surface area contributed by atoms with Crippen LogP contribution in [0.1, 0.15) is 31.1 Å². The molecule has 156 valence electrons. The SMILES string of the molecule is C=C/C(C(=O)O)=C(\C=C/C)C(=O)Nc1cccc(C(=O)NC(/C=C\C)=C(\C)C=C)c1. The third-order valence-electron chi connectivity index (χ3n) is 4.00. The number of allylic oxidation sites excluding steroid dienone is 5. The number of aliphatic carboxylic acids is 1. The van der Waals surface area contributed by atoms with Crippen LogP contribution in [0, 0.1) is 0 Å². The minimum Gasteiger partial charge on any atom is -0.478 e. The molecule has 2 amide bonds. The van der Waals surface area contributed by atoms with Crippen molar-refractivity contribution in [2.24, 2.45) is 0 Å². The molecule has 1 aromatic rings. The molecule has 0 atom stereocenters. The number of hydrogen-bond donors (Lipinski definition) is 3. The molecule has 6 nitrogen and oxygen atoms in total. The molecule has 30 heavy (non-hydrogen) atoms. The van der Waals surface area contributed by atoms with Gasteiger partial charge in [0.25, 0.3) is 11.8 Å². The molecule has 0 unspecified atom stereocenters. The molecule has 0 spiro atoms. The van der Waals surface area contributed by atoms with E-state index in [1.807, 2.05) is 13.8 Å². The van der Waals surface area contributed by atoms with Gasteiger partial charge in [-0.25, -0.2) is 4.79 Å². The van der Waals surface area contributed by atoms with Crippen LogP contribution in [0.5, 0.6) is 0 Å². The molecule has 0 aliphatic carbocycles. The van der Waals surface area contributed by atoms with Gasteiger partial charge in [0.2, 0.25) is 0 Å². The molecule has 6 heteroatoms. The first-order chi connectivity index (χ1) is 14.3. The van der Waals surface area contributed by atoms with E-state index >= 15 is 0 Å². The van der Waals surface area contributed by atoms with Gasteiger partial charge in [0.05, 0.1) is 11.1 Å². The van der Waals surface area contributed by atoms with Crippen molar-refractivity contribution in [2.45, 2.75) is 20.8 Å². The Morgan fingerprint density at radius 1 is 1.00 bits per heavy atom. The highest BCUT2D eigenvalue weighted by molar-refractivity contribution is 6.11. The Hall–Kier alpha value is -3.93. The minimum atomic E-state index is -1.26. The standard InChI is InChI=1S/C24H26N2O4/c1-6-11-20(19(9-4)24(29)30)23(28)25-18-14-10-13-17(15-18)22(27)26-21(12-7-2)16(5)8-3/h6-15H,3-4H2,1-2,5H3,(H,25,28)(H,26,27)(H,29,30)/b11-6-,12-7-,20-19-,21-16+. The first kappa shape index (κ1) is 24.1. The second-order valence-electron chi connectivity index (χ2n) is 6.13. The topological polar surface area (TPSA) is 95.5 Å². The highest BCUT2D eigenvalue weighted by Crippen LogP contribution is 2.16. The zero-order valence-corrected chi connectivity index (χ0v) is 17.4. The molecule has 0 heterocycles. The van der Waals surface area contributed by atoms with Gasteiger partial charge in [-0.15, -0.1) is 0 Å². The van der Waals surface area contributed by atoms with E-state index in [-0.39, 0.29) is 17.1 Å². The van der Waals surface area contributed by atoms with Crippen LogP contribution in [0.4, 0.5) is 5.69 Å².